The first-order valence-corrected chi connectivity index (χ1v) is 3.87. The van der Waals surface area contributed by atoms with Gasteiger partial charge in [0.25, 0.3) is 0 Å². The van der Waals surface area contributed by atoms with Gasteiger partial charge in [-0.2, -0.15) is 0 Å². The van der Waals surface area contributed by atoms with Crippen LogP contribution in [-0.4, -0.2) is 0 Å². The summed E-state index contributed by atoms with van der Waals surface area (Å²) in [5.74, 6) is -1.75. The van der Waals surface area contributed by atoms with Crippen molar-refractivity contribution in [2.45, 2.75) is 0 Å². The molecule has 0 fully saturated rings. The van der Waals surface area contributed by atoms with Crippen molar-refractivity contribution in [2.75, 3.05) is 0 Å². The second kappa shape index (κ2) is 3.00. The van der Waals surface area contributed by atoms with Crippen molar-refractivity contribution >= 4 is 34.2 Å². The molecule has 0 aliphatic carbocycles. The molecule has 0 radical (unpaired) electrons. The molecule has 10 heavy (non-hydrogen) atoms. The van der Waals surface area contributed by atoms with Crippen LogP contribution in [0.4, 0.5) is 8.78 Å². The molecule has 0 atom stereocenters. The molecule has 0 bridgehead atoms. The highest BCUT2D eigenvalue weighted by atomic mass is 127. The maximum absolute atomic E-state index is 12.5. The summed E-state index contributed by atoms with van der Waals surface area (Å²) in [5, 5.41) is 0.236. The highest BCUT2D eigenvalue weighted by Crippen LogP contribution is 2.22. The molecule has 0 N–H and O–H groups in total. The summed E-state index contributed by atoms with van der Waals surface area (Å²) >= 11 is 7.12. The minimum absolute atomic E-state index is 0.124. The summed E-state index contributed by atoms with van der Waals surface area (Å²) in [7, 11) is 0. The van der Waals surface area contributed by atoms with Gasteiger partial charge in [-0.1, -0.05) is 11.6 Å². The topological polar surface area (TPSA) is 0 Å². The molecule has 4 heteroatoms. The number of hydrogen-bond donors (Lipinski definition) is 0. The predicted octanol–water partition coefficient (Wildman–Crippen LogP) is 3.22. The van der Waals surface area contributed by atoms with Gasteiger partial charge < -0.3 is 0 Å². The van der Waals surface area contributed by atoms with Gasteiger partial charge in [0.05, 0.1) is 8.59 Å². The Hall–Kier alpha value is 0.1000. The Morgan fingerprint density at radius 1 is 1.30 bits per heavy atom. The van der Waals surface area contributed by atoms with Crippen LogP contribution in [0.2, 0.25) is 5.02 Å². The zero-order valence-electron chi connectivity index (χ0n) is 4.67. The fraction of sp³-hybridized carbons (Fsp3) is 0. The molecule has 0 amide bonds. The lowest BCUT2D eigenvalue weighted by atomic mass is 10.3. The number of halogens is 4. The smallest absolute Gasteiger partial charge is 0.173 e. The van der Waals surface area contributed by atoms with Crippen molar-refractivity contribution in [2.24, 2.45) is 0 Å². The molecule has 0 nitrogen and oxygen atoms in total. The van der Waals surface area contributed by atoms with E-state index in [-0.39, 0.29) is 8.59 Å². The van der Waals surface area contributed by atoms with Gasteiger partial charge in [0.15, 0.2) is 11.6 Å². The average Bonchev–Trinajstić information content (AvgIpc) is 1.93. The lowest BCUT2D eigenvalue weighted by Gasteiger charge is -1.96. The molecule has 0 spiro atoms. The van der Waals surface area contributed by atoms with Crippen molar-refractivity contribution < 1.29 is 8.78 Å². The highest BCUT2D eigenvalue weighted by molar-refractivity contribution is 14.1. The molecule has 0 aliphatic rings. The van der Waals surface area contributed by atoms with E-state index in [1.165, 1.54) is 6.07 Å². The largest absolute Gasteiger partial charge is 0.204 e. The van der Waals surface area contributed by atoms with Gasteiger partial charge in [-0.25, -0.2) is 8.78 Å². The van der Waals surface area contributed by atoms with Gasteiger partial charge in [-0.3, -0.25) is 0 Å². The van der Waals surface area contributed by atoms with E-state index in [9.17, 15) is 8.78 Å². The Morgan fingerprint density at radius 3 is 2.40 bits per heavy atom. The van der Waals surface area contributed by atoms with Gasteiger partial charge in [-0.05, 0) is 34.7 Å². The predicted molar refractivity (Wildman–Crippen MR) is 44.1 cm³/mol. The van der Waals surface area contributed by atoms with E-state index in [1.807, 2.05) is 0 Å². The summed E-state index contributed by atoms with van der Waals surface area (Å²) in [5.41, 5.74) is 0. The number of rotatable bonds is 0. The Morgan fingerprint density at radius 2 is 1.90 bits per heavy atom. The van der Waals surface area contributed by atoms with Crippen LogP contribution in [0.3, 0.4) is 0 Å². The molecule has 0 aromatic heterocycles. The van der Waals surface area contributed by atoms with Crippen molar-refractivity contribution in [1.82, 2.24) is 0 Å². The highest BCUT2D eigenvalue weighted by Gasteiger charge is 2.08. The summed E-state index contributed by atoms with van der Waals surface area (Å²) < 4.78 is 25.0. The van der Waals surface area contributed by atoms with Crippen molar-refractivity contribution in [3.05, 3.63) is 32.4 Å². The second-order valence-electron chi connectivity index (χ2n) is 1.66. The first kappa shape index (κ1) is 8.20. The quantitative estimate of drug-likeness (QED) is 0.387. The zero-order valence-corrected chi connectivity index (χ0v) is 7.58. The Balaban J connectivity index is 3.34. The van der Waals surface area contributed by atoms with Crippen LogP contribution < -0.4 is 0 Å². The van der Waals surface area contributed by atoms with Gasteiger partial charge in [0.2, 0.25) is 0 Å². The Bertz CT molecular complexity index is 235. The van der Waals surface area contributed by atoms with Crippen LogP contribution in [0.25, 0.3) is 0 Å². The molecule has 0 heterocycles. The summed E-state index contributed by atoms with van der Waals surface area (Å²) in [4.78, 5) is 0. The van der Waals surface area contributed by atoms with Gasteiger partial charge >= 0.3 is 0 Å². The first-order valence-electron chi connectivity index (χ1n) is 2.42. The Labute approximate surface area is 75.3 Å². The number of hydrogen-bond acceptors (Lipinski definition) is 0. The van der Waals surface area contributed by atoms with Crippen LogP contribution in [-0.2, 0) is 0 Å². The molecule has 54 valence electrons. The van der Waals surface area contributed by atoms with Crippen molar-refractivity contribution in [1.29, 1.82) is 0 Å². The standard InChI is InChI=1S/C6H2ClF2I/c7-3-1-2-4(8)5(9)6(3)10/h1-2H. The van der Waals surface area contributed by atoms with E-state index in [0.717, 1.165) is 6.07 Å². The molecule has 0 saturated carbocycles. The van der Waals surface area contributed by atoms with E-state index in [1.54, 1.807) is 22.6 Å². The van der Waals surface area contributed by atoms with Crippen LogP contribution in [0.15, 0.2) is 12.1 Å². The molecule has 1 aromatic rings. The minimum Gasteiger partial charge on any atom is -0.204 e. The summed E-state index contributed by atoms with van der Waals surface area (Å²) in [6.45, 7) is 0. The fourth-order valence-corrected chi connectivity index (χ4v) is 1.09. The maximum Gasteiger partial charge on any atom is 0.173 e. The second-order valence-corrected chi connectivity index (χ2v) is 3.14. The molecular weight excluding hydrogens is 272 g/mol. The van der Waals surface area contributed by atoms with E-state index < -0.39 is 11.6 Å². The summed E-state index contributed by atoms with van der Waals surface area (Å²) in [6.07, 6.45) is 0. The number of benzene rings is 1. The molecule has 1 aromatic carbocycles. The average molecular weight is 274 g/mol. The van der Waals surface area contributed by atoms with Gasteiger partial charge in [0, 0.05) is 0 Å². The monoisotopic (exact) mass is 274 g/mol. The van der Waals surface area contributed by atoms with Gasteiger partial charge in [0.1, 0.15) is 0 Å². The van der Waals surface area contributed by atoms with Crippen LogP contribution in [0, 0.1) is 15.2 Å². The van der Waals surface area contributed by atoms with Crippen LogP contribution in [0.1, 0.15) is 0 Å². The SMILES string of the molecule is Fc1ccc(Cl)c(I)c1F. The lowest BCUT2D eigenvalue weighted by Crippen LogP contribution is -1.87. The van der Waals surface area contributed by atoms with E-state index in [2.05, 4.69) is 0 Å². The summed E-state index contributed by atoms with van der Waals surface area (Å²) in [6, 6.07) is 2.32. The van der Waals surface area contributed by atoms with E-state index in [0.29, 0.717) is 0 Å². The van der Waals surface area contributed by atoms with Crippen LogP contribution in [0.5, 0.6) is 0 Å². The fourth-order valence-electron chi connectivity index (χ4n) is 0.502. The third-order valence-corrected chi connectivity index (χ3v) is 2.68. The van der Waals surface area contributed by atoms with Crippen molar-refractivity contribution in [3.8, 4) is 0 Å². The van der Waals surface area contributed by atoms with E-state index in [4.69, 9.17) is 11.6 Å². The zero-order chi connectivity index (χ0) is 7.72. The molecule has 1 rings (SSSR count). The molecule has 0 saturated heterocycles. The minimum atomic E-state index is -0.881. The maximum atomic E-state index is 12.5. The van der Waals surface area contributed by atoms with E-state index >= 15 is 0 Å². The van der Waals surface area contributed by atoms with Crippen LogP contribution >= 0.6 is 34.2 Å². The van der Waals surface area contributed by atoms with Gasteiger partial charge in [-0.15, -0.1) is 0 Å². The Kier molecular flexibility index (Phi) is 2.46. The normalized spacial score (nSPS) is 10.0. The van der Waals surface area contributed by atoms with Crippen molar-refractivity contribution in [3.63, 3.8) is 0 Å². The first-order chi connectivity index (χ1) is 4.63. The molecule has 0 unspecified atom stereocenters. The lowest BCUT2D eigenvalue weighted by molar-refractivity contribution is 0.504. The molecule has 0 aliphatic heterocycles. The third-order valence-electron chi connectivity index (χ3n) is 0.988. The molecular formula is C6H2ClF2I. The third kappa shape index (κ3) is 1.40.